The molecule has 0 amide bonds. The molecule has 1 fully saturated rings. The van der Waals surface area contributed by atoms with Crippen LogP contribution in [-0.4, -0.2) is 86.7 Å². The smallest absolute Gasteiger partial charge is 0.341 e. The van der Waals surface area contributed by atoms with Crippen LogP contribution in [0.1, 0.15) is 53.3 Å². The molecule has 0 aliphatic carbocycles. The van der Waals surface area contributed by atoms with E-state index in [4.69, 9.17) is 24.4 Å². The summed E-state index contributed by atoms with van der Waals surface area (Å²) in [5.74, 6) is -5.19. The van der Waals surface area contributed by atoms with Crippen LogP contribution in [0.15, 0.2) is 24.3 Å². The summed E-state index contributed by atoms with van der Waals surface area (Å²) in [6.45, 7) is 1.76. The van der Waals surface area contributed by atoms with Crippen molar-refractivity contribution < 1.29 is 58.9 Å². The van der Waals surface area contributed by atoms with E-state index in [1.54, 1.807) is 0 Å². The highest BCUT2D eigenvalue weighted by atomic mass is 16.7. The maximum atomic E-state index is 12.7. The second kappa shape index (κ2) is 12.4. The summed E-state index contributed by atoms with van der Waals surface area (Å²) in [6.07, 6.45) is -7.86. The van der Waals surface area contributed by atoms with Gasteiger partial charge in [0, 0.05) is 5.92 Å². The number of aliphatic hydroxyl groups excluding tert-OH is 3. The maximum Gasteiger partial charge on any atom is 0.341 e. The highest BCUT2D eigenvalue weighted by Gasteiger charge is 2.48. The van der Waals surface area contributed by atoms with Gasteiger partial charge in [-0.2, -0.15) is 0 Å². The van der Waals surface area contributed by atoms with Gasteiger partial charge in [-0.25, -0.2) is 14.4 Å². The molecule has 34 heavy (non-hydrogen) atoms. The Balaban J connectivity index is 2.12. The molecule has 5 N–H and O–H groups in total. The van der Waals surface area contributed by atoms with Crippen LogP contribution >= 0.6 is 0 Å². The molecule has 0 radical (unpaired) electrons. The van der Waals surface area contributed by atoms with Gasteiger partial charge in [-0.15, -0.1) is 0 Å². The van der Waals surface area contributed by atoms with Gasteiger partial charge in [0.25, 0.3) is 0 Å². The molecule has 12 nitrogen and oxygen atoms in total. The number of aliphatic hydroxyl groups is 3. The minimum atomic E-state index is -1.97. The van der Waals surface area contributed by atoms with E-state index in [0.717, 1.165) is 12.8 Å². The molecule has 6 atom stereocenters. The predicted molar refractivity (Wildman–Crippen MR) is 112 cm³/mol. The van der Waals surface area contributed by atoms with E-state index in [0.29, 0.717) is 6.42 Å². The molecule has 1 heterocycles. The number of carbonyl (C=O) groups excluding carboxylic acids is 2. The van der Waals surface area contributed by atoms with E-state index >= 15 is 0 Å². The van der Waals surface area contributed by atoms with Gasteiger partial charge < -0.3 is 39.7 Å². The molecule has 2 unspecified atom stereocenters. The Bertz CT molecular complexity index is 884. The van der Waals surface area contributed by atoms with E-state index in [2.05, 4.69) is 0 Å². The standard InChI is InChI=1S/C22H28O12/c1-2-3-6-11(9-14(23)24)10-32-20(30)12-7-4-5-8-13(12)21(31)34-22-17(27)15(25)16(26)18(33-22)19(28)29/h4-5,7-8,11,15-18,22,25-27H,2-3,6,9-10H2,1H3,(H,23,24)(H,28,29)/t11?,15?,16-,17+,18-,22-/m0/s1. The first-order chi connectivity index (χ1) is 16.1. The fraction of sp³-hybridized carbons (Fsp3) is 0.545. The monoisotopic (exact) mass is 484 g/mol. The Morgan fingerprint density at radius 1 is 0.971 bits per heavy atom. The van der Waals surface area contributed by atoms with Crippen molar-refractivity contribution in [2.75, 3.05) is 6.61 Å². The first-order valence-corrected chi connectivity index (χ1v) is 10.7. The number of hydrogen-bond acceptors (Lipinski definition) is 10. The number of unbranched alkanes of at least 4 members (excludes halogenated alkanes) is 1. The minimum absolute atomic E-state index is 0.177. The number of benzene rings is 1. The fourth-order valence-electron chi connectivity index (χ4n) is 3.41. The van der Waals surface area contributed by atoms with Gasteiger partial charge >= 0.3 is 23.9 Å². The topological polar surface area (TPSA) is 197 Å². The number of hydrogen-bond donors (Lipinski definition) is 5. The summed E-state index contributed by atoms with van der Waals surface area (Å²) in [4.78, 5) is 47.6. The molecular formula is C22H28O12. The normalized spacial score (nSPS) is 25.2. The second-order valence-corrected chi connectivity index (χ2v) is 7.89. The Morgan fingerprint density at radius 2 is 1.59 bits per heavy atom. The van der Waals surface area contributed by atoms with Crippen molar-refractivity contribution in [1.29, 1.82) is 0 Å². The molecule has 0 aromatic heterocycles. The second-order valence-electron chi connectivity index (χ2n) is 7.89. The van der Waals surface area contributed by atoms with Gasteiger partial charge in [0.05, 0.1) is 24.2 Å². The van der Waals surface area contributed by atoms with Gasteiger partial charge in [0.1, 0.15) is 18.3 Å². The molecular weight excluding hydrogens is 456 g/mol. The number of esters is 2. The third kappa shape index (κ3) is 6.97. The highest BCUT2D eigenvalue weighted by molar-refractivity contribution is 6.03. The lowest BCUT2D eigenvalue weighted by molar-refractivity contribution is -0.278. The molecule has 0 spiro atoms. The molecule has 0 saturated carbocycles. The first kappa shape index (κ1) is 27.2. The molecule has 12 heteroatoms. The number of carboxylic acids is 2. The average molecular weight is 484 g/mol. The Kier molecular flexibility index (Phi) is 9.93. The molecule has 1 saturated heterocycles. The summed E-state index contributed by atoms with van der Waals surface area (Å²) >= 11 is 0. The Hall–Kier alpha value is -3.06. The lowest BCUT2D eigenvalue weighted by Gasteiger charge is -2.37. The van der Waals surface area contributed by atoms with E-state index in [-0.39, 0.29) is 24.2 Å². The van der Waals surface area contributed by atoms with Gasteiger partial charge in [0.15, 0.2) is 6.10 Å². The SMILES string of the molecule is CCCCC(COC(=O)c1ccccc1C(=O)O[C@@H]1O[C@H](C(=O)O)[C@@H](O)C(O)[C@H]1O)CC(=O)O. The number of ether oxygens (including phenoxy) is 3. The third-order valence-electron chi connectivity index (χ3n) is 5.28. The van der Waals surface area contributed by atoms with Crippen molar-refractivity contribution in [3.63, 3.8) is 0 Å². The first-order valence-electron chi connectivity index (χ1n) is 10.7. The molecule has 0 bridgehead atoms. The molecule has 1 aromatic carbocycles. The van der Waals surface area contributed by atoms with Crippen molar-refractivity contribution in [2.45, 2.75) is 63.3 Å². The van der Waals surface area contributed by atoms with Crippen molar-refractivity contribution in [1.82, 2.24) is 0 Å². The number of aliphatic carboxylic acids is 2. The predicted octanol–water partition coefficient (Wildman–Crippen LogP) is 0.174. The summed E-state index contributed by atoms with van der Waals surface area (Å²) in [5.41, 5.74) is -0.503. The maximum absolute atomic E-state index is 12.7. The van der Waals surface area contributed by atoms with Gasteiger partial charge in [0.2, 0.25) is 6.29 Å². The highest BCUT2D eigenvalue weighted by Crippen LogP contribution is 2.24. The number of rotatable bonds is 11. The zero-order valence-electron chi connectivity index (χ0n) is 18.4. The van der Waals surface area contributed by atoms with Crippen LogP contribution in [0.4, 0.5) is 0 Å². The average Bonchev–Trinajstić information content (AvgIpc) is 2.80. The molecule has 1 aliphatic heterocycles. The molecule has 188 valence electrons. The van der Waals surface area contributed by atoms with E-state index in [1.807, 2.05) is 6.92 Å². The Morgan fingerprint density at radius 3 is 2.15 bits per heavy atom. The largest absolute Gasteiger partial charge is 0.481 e. The van der Waals surface area contributed by atoms with Crippen LogP contribution in [-0.2, 0) is 23.8 Å². The van der Waals surface area contributed by atoms with Gasteiger partial charge in [-0.3, -0.25) is 4.79 Å². The van der Waals surface area contributed by atoms with Crippen LogP contribution in [0.5, 0.6) is 0 Å². The zero-order chi connectivity index (χ0) is 25.4. The summed E-state index contributed by atoms with van der Waals surface area (Å²) < 4.78 is 15.1. The quantitative estimate of drug-likeness (QED) is 0.267. The number of carbonyl (C=O) groups is 4. The van der Waals surface area contributed by atoms with Crippen LogP contribution in [0.3, 0.4) is 0 Å². The molecule has 1 aromatic rings. The van der Waals surface area contributed by atoms with E-state index in [9.17, 15) is 34.5 Å². The summed E-state index contributed by atoms with van der Waals surface area (Å²) in [6, 6.07) is 5.36. The van der Waals surface area contributed by atoms with Crippen molar-refractivity contribution in [3.8, 4) is 0 Å². The summed E-state index contributed by atoms with van der Waals surface area (Å²) in [5, 5.41) is 47.7. The van der Waals surface area contributed by atoms with E-state index < -0.39 is 60.5 Å². The van der Waals surface area contributed by atoms with Gasteiger partial charge in [-0.05, 0) is 18.6 Å². The van der Waals surface area contributed by atoms with Gasteiger partial charge in [-0.1, -0.05) is 31.9 Å². The van der Waals surface area contributed by atoms with Crippen molar-refractivity contribution >= 4 is 23.9 Å². The molecule has 1 aliphatic rings. The number of carboxylic acid groups (broad SMARTS) is 2. The van der Waals surface area contributed by atoms with Crippen LogP contribution in [0.25, 0.3) is 0 Å². The lowest BCUT2D eigenvalue weighted by Crippen LogP contribution is -2.60. The van der Waals surface area contributed by atoms with E-state index in [1.165, 1.54) is 24.3 Å². The molecule has 2 rings (SSSR count). The van der Waals surface area contributed by atoms with Crippen LogP contribution < -0.4 is 0 Å². The lowest BCUT2D eigenvalue weighted by atomic mass is 9.99. The van der Waals surface area contributed by atoms with Crippen LogP contribution in [0, 0.1) is 5.92 Å². The van der Waals surface area contributed by atoms with Crippen molar-refractivity contribution in [3.05, 3.63) is 35.4 Å². The van der Waals surface area contributed by atoms with Crippen LogP contribution in [0.2, 0.25) is 0 Å². The third-order valence-corrected chi connectivity index (χ3v) is 5.28. The Labute approximate surface area is 194 Å². The van der Waals surface area contributed by atoms with Crippen molar-refractivity contribution in [2.24, 2.45) is 5.92 Å². The zero-order valence-corrected chi connectivity index (χ0v) is 18.4. The summed E-state index contributed by atoms with van der Waals surface area (Å²) in [7, 11) is 0. The fourth-order valence-corrected chi connectivity index (χ4v) is 3.41. The minimum Gasteiger partial charge on any atom is -0.481 e.